The number of nitrogens with two attached hydrogens (primary N) is 1. The summed E-state index contributed by atoms with van der Waals surface area (Å²) in [4.78, 5) is 42.5. The van der Waals surface area contributed by atoms with Crippen LogP contribution in [-0.4, -0.2) is 50.9 Å². The normalized spacial score (nSPS) is 22.1. The van der Waals surface area contributed by atoms with Gasteiger partial charge >= 0.3 is 29.6 Å². The maximum atomic E-state index is 13.2. The van der Waals surface area contributed by atoms with Crippen LogP contribution in [0.2, 0.25) is 0 Å². The molecule has 3 atom stereocenters. The molecule has 4 rings (SSSR count). The predicted octanol–water partition coefficient (Wildman–Crippen LogP) is -2.29. The minimum Gasteiger partial charge on any atom is -0.548 e. The fourth-order valence-corrected chi connectivity index (χ4v) is 6.06. The SMILES string of the molecule is Cc1cc(C)c(/C=C(\C(=O)NC2C(=O)N3C(C(=O)[O-])CS[C@H]23)c2csc(N)n2)c(C)c1.[Na+]. The zero-order valence-corrected chi connectivity index (χ0v) is 21.8. The first kappa shape index (κ1) is 24.8. The number of aromatic nitrogens is 1. The summed E-state index contributed by atoms with van der Waals surface area (Å²) in [6, 6.07) is 2.32. The second kappa shape index (κ2) is 9.56. The van der Waals surface area contributed by atoms with Gasteiger partial charge in [-0.1, -0.05) is 17.7 Å². The van der Waals surface area contributed by atoms with Crippen LogP contribution in [0.4, 0.5) is 5.13 Å². The molecule has 3 heterocycles. The van der Waals surface area contributed by atoms with Gasteiger partial charge < -0.3 is 25.9 Å². The number of nitrogens with zero attached hydrogens (tertiary/aromatic N) is 2. The number of anilines is 1. The van der Waals surface area contributed by atoms with Crippen molar-refractivity contribution >= 4 is 57.7 Å². The Morgan fingerprint density at radius 2 is 1.94 bits per heavy atom. The molecule has 11 heteroatoms. The summed E-state index contributed by atoms with van der Waals surface area (Å²) in [5, 5.41) is 15.6. The molecule has 0 spiro atoms. The van der Waals surface area contributed by atoms with Gasteiger partial charge in [0.2, 0.25) is 5.91 Å². The number of nitrogens with one attached hydrogen (secondary N) is 1. The van der Waals surface area contributed by atoms with Gasteiger partial charge in [-0.25, -0.2) is 4.98 Å². The number of hydrogen-bond acceptors (Lipinski definition) is 8. The van der Waals surface area contributed by atoms with Crippen LogP contribution >= 0.6 is 23.1 Å². The fourth-order valence-electron chi connectivity index (χ4n) is 4.03. The van der Waals surface area contributed by atoms with Crippen LogP contribution in [0.15, 0.2) is 17.5 Å². The number of rotatable bonds is 5. The third-order valence-electron chi connectivity index (χ3n) is 5.47. The maximum absolute atomic E-state index is 13.2. The van der Waals surface area contributed by atoms with E-state index in [0.717, 1.165) is 22.3 Å². The van der Waals surface area contributed by atoms with Crippen molar-refractivity contribution in [1.29, 1.82) is 0 Å². The van der Waals surface area contributed by atoms with E-state index in [1.54, 1.807) is 11.5 Å². The van der Waals surface area contributed by atoms with Crippen molar-refractivity contribution in [3.8, 4) is 0 Å². The summed E-state index contributed by atoms with van der Waals surface area (Å²) >= 11 is 2.55. The quantitative estimate of drug-likeness (QED) is 0.280. The maximum Gasteiger partial charge on any atom is 1.00 e. The van der Waals surface area contributed by atoms with Gasteiger partial charge in [0.1, 0.15) is 11.4 Å². The van der Waals surface area contributed by atoms with Crippen LogP contribution < -0.4 is 45.7 Å². The fraction of sp³-hybridized carbons (Fsp3) is 0.333. The standard InChI is InChI=1S/C21H22N4O4S2.Na/c1-9-4-10(2)12(11(3)5-9)6-13(14-7-31-21(22)23-14)17(26)24-16-18(27)25-15(20(28)29)8-30-19(16)25;/h4-7,15-16,19H,8H2,1-3H3,(H2,22,23)(H,24,26)(H,28,29);/q;+1/p-1/b13-6-;/t15?,16?,19-;/m1./s1. The zero-order chi connectivity index (χ0) is 22.4. The first-order chi connectivity index (χ1) is 14.7. The van der Waals surface area contributed by atoms with Gasteiger partial charge in [0, 0.05) is 11.1 Å². The molecule has 0 saturated carbocycles. The molecular weight excluding hydrogens is 459 g/mol. The molecule has 2 saturated heterocycles. The topological polar surface area (TPSA) is 128 Å². The van der Waals surface area contributed by atoms with Crippen LogP contribution in [0.25, 0.3) is 11.6 Å². The number of aryl methyl sites for hydroxylation is 3. The van der Waals surface area contributed by atoms with E-state index < -0.39 is 35.2 Å². The molecule has 0 radical (unpaired) electrons. The zero-order valence-electron chi connectivity index (χ0n) is 18.2. The molecule has 0 bridgehead atoms. The van der Waals surface area contributed by atoms with E-state index in [2.05, 4.69) is 10.3 Å². The largest absolute Gasteiger partial charge is 1.00 e. The smallest absolute Gasteiger partial charge is 0.548 e. The van der Waals surface area contributed by atoms with E-state index in [1.165, 1.54) is 28.0 Å². The van der Waals surface area contributed by atoms with E-state index in [1.807, 2.05) is 32.9 Å². The summed E-state index contributed by atoms with van der Waals surface area (Å²) < 4.78 is 0. The molecule has 1 aromatic carbocycles. The molecule has 8 nitrogen and oxygen atoms in total. The average Bonchev–Trinajstić information content (AvgIpc) is 3.29. The molecule has 0 aliphatic carbocycles. The summed E-state index contributed by atoms with van der Waals surface area (Å²) in [5.41, 5.74) is 10.6. The molecule has 1 aromatic heterocycles. The number of carboxylic acids is 1. The molecule has 2 aromatic rings. The van der Waals surface area contributed by atoms with Gasteiger partial charge in [-0.2, -0.15) is 0 Å². The molecule has 162 valence electrons. The van der Waals surface area contributed by atoms with Crippen LogP contribution in [0.1, 0.15) is 27.9 Å². The van der Waals surface area contributed by atoms with E-state index in [0.29, 0.717) is 16.4 Å². The van der Waals surface area contributed by atoms with Crippen LogP contribution in [0.3, 0.4) is 0 Å². The Labute approximate surface area is 215 Å². The number of hydrogen-bond donors (Lipinski definition) is 2. The van der Waals surface area contributed by atoms with Crippen molar-refractivity contribution in [3.05, 3.63) is 45.5 Å². The summed E-state index contributed by atoms with van der Waals surface area (Å²) in [7, 11) is 0. The number of β-lactam (4-membered cyclic amide) rings is 1. The second-order valence-corrected chi connectivity index (χ2v) is 9.74. The molecule has 2 aliphatic heterocycles. The van der Waals surface area contributed by atoms with Crippen LogP contribution in [0, 0.1) is 20.8 Å². The summed E-state index contributed by atoms with van der Waals surface area (Å²) in [6.07, 6.45) is 1.76. The Hall–Kier alpha value is -1.85. The molecule has 2 unspecified atom stereocenters. The van der Waals surface area contributed by atoms with Gasteiger partial charge in [0.15, 0.2) is 5.13 Å². The van der Waals surface area contributed by atoms with Crippen molar-refractivity contribution in [2.45, 2.75) is 38.2 Å². The number of aliphatic carboxylic acids is 1. The van der Waals surface area contributed by atoms with Crippen molar-refractivity contribution in [1.82, 2.24) is 15.2 Å². The van der Waals surface area contributed by atoms with E-state index in [-0.39, 0.29) is 35.3 Å². The molecular formula is C21H21N4NaO4S2. The Kier molecular flexibility index (Phi) is 7.41. The molecule has 32 heavy (non-hydrogen) atoms. The first-order valence-corrected chi connectivity index (χ1v) is 11.6. The third-order valence-corrected chi connectivity index (χ3v) is 7.49. The van der Waals surface area contributed by atoms with Crippen molar-refractivity contribution < 1.29 is 49.0 Å². The number of carbonyl (C=O) groups is 3. The van der Waals surface area contributed by atoms with Crippen molar-refractivity contribution in [2.75, 3.05) is 11.5 Å². The van der Waals surface area contributed by atoms with Gasteiger partial charge in [-0.05, 0) is 43.5 Å². The second-order valence-electron chi connectivity index (χ2n) is 7.70. The molecule has 2 fully saturated rings. The Morgan fingerprint density at radius 3 is 2.50 bits per heavy atom. The Morgan fingerprint density at radius 1 is 1.28 bits per heavy atom. The number of fused-ring (bicyclic) bond motifs is 1. The van der Waals surface area contributed by atoms with Gasteiger partial charge in [-0.15, -0.1) is 23.1 Å². The number of benzene rings is 1. The van der Waals surface area contributed by atoms with E-state index in [9.17, 15) is 19.5 Å². The minimum atomic E-state index is -1.28. The number of thioether (sulfide) groups is 1. The minimum absolute atomic E-state index is 0. The number of amides is 2. The number of thiazole rings is 1. The average molecular weight is 481 g/mol. The summed E-state index contributed by atoms with van der Waals surface area (Å²) in [5.74, 6) is -1.91. The van der Waals surface area contributed by atoms with Gasteiger partial charge in [0.25, 0.3) is 5.91 Å². The van der Waals surface area contributed by atoms with Crippen LogP contribution in [0.5, 0.6) is 0 Å². The number of nitrogen functional groups attached to an aromatic ring is 1. The predicted molar refractivity (Wildman–Crippen MR) is 119 cm³/mol. The molecule has 2 amide bonds. The summed E-state index contributed by atoms with van der Waals surface area (Å²) in [6.45, 7) is 5.95. The van der Waals surface area contributed by atoms with Crippen molar-refractivity contribution in [3.63, 3.8) is 0 Å². The number of carboxylic acid groups (broad SMARTS) is 1. The molecule has 2 aliphatic rings. The first-order valence-electron chi connectivity index (χ1n) is 9.63. The Balaban J connectivity index is 0.00000289. The van der Waals surface area contributed by atoms with E-state index in [4.69, 9.17) is 5.73 Å². The van der Waals surface area contributed by atoms with Gasteiger partial charge in [-0.3, -0.25) is 9.59 Å². The van der Waals surface area contributed by atoms with Crippen molar-refractivity contribution in [2.24, 2.45) is 0 Å². The van der Waals surface area contributed by atoms with Gasteiger partial charge in [0.05, 0.1) is 23.3 Å². The Bertz CT molecular complexity index is 1110. The third kappa shape index (κ3) is 4.47. The molecule has 3 N–H and O–H groups in total. The van der Waals surface area contributed by atoms with Crippen LogP contribution in [-0.2, 0) is 14.4 Å². The number of carbonyl (C=O) groups excluding carboxylic acids is 3. The monoisotopic (exact) mass is 480 g/mol. The van der Waals surface area contributed by atoms with E-state index >= 15 is 0 Å².